The SMILES string of the molecule is C=C(CCCC(=O)Oc1c(Cl)cc(Cl)cc1Cl)C(=O)O. The Hall–Kier alpha value is -1.23. The Labute approximate surface area is 130 Å². The average molecular weight is 338 g/mol. The standard InChI is InChI=1S/C13H11Cl3O4/c1-7(13(18)19)3-2-4-11(17)20-12-9(15)5-8(14)6-10(12)16/h5-6H,1-4H2,(H,18,19). The van der Waals surface area contributed by atoms with Gasteiger partial charge < -0.3 is 9.84 Å². The van der Waals surface area contributed by atoms with E-state index in [2.05, 4.69) is 6.58 Å². The first-order valence-corrected chi connectivity index (χ1v) is 6.71. The summed E-state index contributed by atoms with van der Waals surface area (Å²) in [6.45, 7) is 3.36. The van der Waals surface area contributed by atoms with E-state index >= 15 is 0 Å². The molecule has 0 aromatic heterocycles. The van der Waals surface area contributed by atoms with Crippen LogP contribution in [-0.4, -0.2) is 17.0 Å². The van der Waals surface area contributed by atoms with Crippen LogP contribution < -0.4 is 4.74 Å². The molecule has 1 N–H and O–H groups in total. The van der Waals surface area contributed by atoms with Crippen LogP contribution in [-0.2, 0) is 9.59 Å². The maximum atomic E-state index is 11.6. The predicted molar refractivity (Wildman–Crippen MR) is 77.7 cm³/mol. The number of carboxylic acids is 1. The van der Waals surface area contributed by atoms with E-state index in [1.165, 1.54) is 12.1 Å². The Morgan fingerprint density at radius 3 is 2.20 bits per heavy atom. The largest absolute Gasteiger partial charge is 0.478 e. The number of esters is 1. The van der Waals surface area contributed by atoms with Crippen molar-refractivity contribution in [1.29, 1.82) is 0 Å². The number of carboxylic acid groups (broad SMARTS) is 1. The number of ether oxygens (including phenoxy) is 1. The summed E-state index contributed by atoms with van der Waals surface area (Å²) in [7, 11) is 0. The smallest absolute Gasteiger partial charge is 0.330 e. The lowest BCUT2D eigenvalue weighted by Gasteiger charge is -2.08. The maximum absolute atomic E-state index is 11.6. The lowest BCUT2D eigenvalue weighted by molar-refractivity contribution is -0.135. The molecule has 0 fully saturated rings. The van der Waals surface area contributed by atoms with E-state index in [0.717, 1.165) is 0 Å². The Balaban J connectivity index is 2.55. The molecule has 0 radical (unpaired) electrons. The molecule has 0 heterocycles. The topological polar surface area (TPSA) is 63.6 Å². The van der Waals surface area contributed by atoms with Crippen molar-refractivity contribution in [2.45, 2.75) is 19.3 Å². The monoisotopic (exact) mass is 336 g/mol. The molecule has 0 aliphatic heterocycles. The van der Waals surface area contributed by atoms with E-state index < -0.39 is 11.9 Å². The summed E-state index contributed by atoms with van der Waals surface area (Å²) in [6, 6.07) is 2.81. The highest BCUT2D eigenvalue weighted by atomic mass is 35.5. The lowest BCUT2D eigenvalue weighted by atomic mass is 10.1. The van der Waals surface area contributed by atoms with Crippen molar-refractivity contribution in [3.63, 3.8) is 0 Å². The Kier molecular flexibility index (Phi) is 6.33. The molecule has 0 bridgehead atoms. The van der Waals surface area contributed by atoms with E-state index in [4.69, 9.17) is 44.6 Å². The van der Waals surface area contributed by atoms with E-state index in [1.807, 2.05) is 0 Å². The van der Waals surface area contributed by atoms with Gasteiger partial charge in [-0.2, -0.15) is 0 Å². The molecule has 20 heavy (non-hydrogen) atoms. The maximum Gasteiger partial charge on any atom is 0.330 e. The molecule has 4 nitrogen and oxygen atoms in total. The van der Waals surface area contributed by atoms with Gasteiger partial charge in [0.15, 0.2) is 5.75 Å². The van der Waals surface area contributed by atoms with Gasteiger partial charge in [0.25, 0.3) is 0 Å². The third-order valence-corrected chi connectivity index (χ3v) is 3.12. The molecule has 0 saturated carbocycles. The number of hydrogen-bond acceptors (Lipinski definition) is 3. The van der Waals surface area contributed by atoms with Crippen LogP contribution in [0.3, 0.4) is 0 Å². The molecule has 0 saturated heterocycles. The van der Waals surface area contributed by atoms with Crippen molar-refractivity contribution in [2.24, 2.45) is 0 Å². The van der Waals surface area contributed by atoms with Crippen LogP contribution in [0, 0.1) is 0 Å². The first-order valence-electron chi connectivity index (χ1n) is 5.57. The van der Waals surface area contributed by atoms with Crippen LogP contribution >= 0.6 is 34.8 Å². The van der Waals surface area contributed by atoms with Gasteiger partial charge >= 0.3 is 11.9 Å². The summed E-state index contributed by atoms with van der Waals surface area (Å²) in [5.41, 5.74) is 0.0420. The molecule has 0 atom stereocenters. The lowest BCUT2D eigenvalue weighted by Crippen LogP contribution is -2.09. The van der Waals surface area contributed by atoms with Crippen LogP contribution in [0.4, 0.5) is 0 Å². The molecule has 0 amide bonds. The Bertz CT molecular complexity index is 532. The minimum absolute atomic E-state index is 0.0293. The molecule has 0 unspecified atom stereocenters. The normalized spacial score (nSPS) is 10.2. The van der Waals surface area contributed by atoms with Crippen molar-refractivity contribution >= 4 is 46.7 Å². The minimum Gasteiger partial charge on any atom is -0.478 e. The molecule has 7 heteroatoms. The summed E-state index contributed by atoms with van der Waals surface area (Å²) >= 11 is 17.5. The fourth-order valence-corrected chi connectivity index (χ4v) is 2.24. The van der Waals surface area contributed by atoms with Gasteiger partial charge in [0, 0.05) is 17.0 Å². The number of halogens is 3. The van der Waals surface area contributed by atoms with Gasteiger partial charge in [0.1, 0.15) is 0 Å². The fourth-order valence-electron chi connectivity index (χ4n) is 1.34. The molecule has 1 aromatic rings. The second kappa shape index (κ2) is 7.53. The zero-order chi connectivity index (χ0) is 15.3. The van der Waals surface area contributed by atoms with Crippen LogP contribution in [0.2, 0.25) is 15.1 Å². The molecule has 108 valence electrons. The summed E-state index contributed by atoms with van der Waals surface area (Å²) in [4.78, 5) is 22.1. The van der Waals surface area contributed by atoms with Gasteiger partial charge in [-0.1, -0.05) is 41.4 Å². The zero-order valence-corrected chi connectivity index (χ0v) is 12.6. The quantitative estimate of drug-likeness (QED) is 0.476. The number of benzene rings is 1. The summed E-state index contributed by atoms with van der Waals surface area (Å²) < 4.78 is 5.03. The fraction of sp³-hybridized carbons (Fsp3) is 0.231. The average Bonchev–Trinajstić information content (AvgIpc) is 2.33. The Morgan fingerprint density at radius 1 is 1.15 bits per heavy atom. The third kappa shape index (κ3) is 5.04. The molecule has 0 aliphatic rings. The van der Waals surface area contributed by atoms with Gasteiger partial charge in [-0.15, -0.1) is 0 Å². The highest BCUT2D eigenvalue weighted by Crippen LogP contribution is 2.36. The van der Waals surface area contributed by atoms with Gasteiger partial charge in [0.05, 0.1) is 10.0 Å². The number of carbonyl (C=O) groups excluding carboxylic acids is 1. The van der Waals surface area contributed by atoms with Crippen molar-refractivity contribution < 1.29 is 19.4 Å². The molecule has 0 aliphatic carbocycles. The third-order valence-electron chi connectivity index (χ3n) is 2.34. The summed E-state index contributed by atoms with van der Waals surface area (Å²) in [5, 5.41) is 9.21. The van der Waals surface area contributed by atoms with Crippen LogP contribution in [0.5, 0.6) is 5.75 Å². The highest BCUT2D eigenvalue weighted by Gasteiger charge is 2.14. The summed E-state index contributed by atoms with van der Waals surface area (Å²) in [6.07, 6.45) is 0.543. The number of rotatable bonds is 6. The first-order chi connectivity index (χ1) is 9.31. The van der Waals surface area contributed by atoms with Crippen LogP contribution in [0.15, 0.2) is 24.3 Å². The van der Waals surface area contributed by atoms with Gasteiger partial charge in [-0.3, -0.25) is 4.79 Å². The van der Waals surface area contributed by atoms with Crippen LogP contribution in [0.25, 0.3) is 0 Å². The van der Waals surface area contributed by atoms with E-state index in [9.17, 15) is 9.59 Å². The van der Waals surface area contributed by atoms with E-state index in [0.29, 0.717) is 11.4 Å². The van der Waals surface area contributed by atoms with Crippen molar-refractivity contribution in [3.8, 4) is 5.75 Å². The second-order valence-corrected chi connectivity index (χ2v) is 5.19. The van der Waals surface area contributed by atoms with Gasteiger partial charge in [0.2, 0.25) is 0 Å². The Morgan fingerprint density at radius 2 is 1.70 bits per heavy atom. The highest BCUT2D eigenvalue weighted by molar-refractivity contribution is 6.40. The van der Waals surface area contributed by atoms with Crippen molar-refractivity contribution in [3.05, 3.63) is 39.4 Å². The molecule has 1 aromatic carbocycles. The van der Waals surface area contributed by atoms with Crippen LogP contribution in [0.1, 0.15) is 19.3 Å². The van der Waals surface area contributed by atoms with Gasteiger partial charge in [-0.25, -0.2) is 4.79 Å². The minimum atomic E-state index is -1.08. The van der Waals surface area contributed by atoms with Crippen molar-refractivity contribution in [2.75, 3.05) is 0 Å². The predicted octanol–water partition coefficient (Wildman–Crippen LogP) is 4.36. The van der Waals surface area contributed by atoms with E-state index in [-0.39, 0.29) is 34.2 Å². The number of carbonyl (C=O) groups is 2. The number of aliphatic carboxylic acids is 1. The summed E-state index contributed by atoms with van der Waals surface area (Å²) in [5.74, 6) is -1.60. The molecule has 0 spiro atoms. The van der Waals surface area contributed by atoms with E-state index in [1.54, 1.807) is 0 Å². The molecular formula is C13H11Cl3O4. The number of hydrogen-bond donors (Lipinski definition) is 1. The second-order valence-electron chi connectivity index (χ2n) is 3.93. The van der Waals surface area contributed by atoms with Crippen molar-refractivity contribution in [1.82, 2.24) is 0 Å². The molecular weight excluding hydrogens is 326 g/mol. The molecule has 1 rings (SSSR count). The van der Waals surface area contributed by atoms with Gasteiger partial charge in [-0.05, 0) is 25.0 Å². The zero-order valence-electron chi connectivity index (χ0n) is 10.3. The first kappa shape index (κ1) is 16.8.